The van der Waals surface area contributed by atoms with E-state index < -0.39 is 21.5 Å². The highest BCUT2D eigenvalue weighted by Crippen LogP contribution is 2.28. The van der Waals surface area contributed by atoms with Gasteiger partial charge in [-0.25, -0.2) is 13.4 Å². The van der Waals surface area contributed by atoms with Gasteiger partial charge in [-0.2, -0.15) is 0 Å². The molecule has 0 radical (unpaired) electrons. The monoisotopic (exact) mass is 461 g/mol. The summed E-state index contributed by atoms with van der Waals surface area (Å²) in [6.07, 6.45) is 12.0. The Hall–Kier alpha value is -3.11. The van der Waals surface area contributed by atoms with Crippen molar-refractivity contribution in [2.24, 2.45) is 0 Å². The van der Waals surface area contributed by atoms with E-state index in [2.05, 4.69) is 27.8 Å². The number of furan rings is 1. The standard InChI is InChI=1S/C22H27N3O6S/c26-20(16-32(28,29)15-19-7-5-13-30-19)24-10-3-4-12-31-22-21(27)17(8-11-25-22)14-18-6-1-2-9-23-18/h1-5,7-8,11,13,18,23,27H,6,9-10,12,14-16H2,(H,24,26). The zero-order valence-electron chi connectivity index (χ0n) is 17.6. The molecule has 0 saturated carbocycles. The number of nitrogens with one attached hydrogen (secondary N) is 2. The van der Waals surface area contributed by atoms with Gasteiger partial charge in [0.05, 0.1) is 6.26 Å². The van der Waals surface area contributed by atoms with E-state index in [1.165, 1.54) is 6.26 Å². The topological polar surface area (TPSA) is 131 Å². The van der Waals surface area contributed by atoms with Gasteiger partial charge < -0.3 is 24.9 Å². The average molecular weight is 462 g/mol. The second-order valence-electron chi connectivity index (χ2n) is 7.34. The molecule has 0 fully saturated rings. The van der Waals surface area contributed by atoms with Crippen molar-refractivity contribution in [3.8, 4) is 11.6 Å². The van der Waals surface area contributed by atoms with E-state index >= 15 is 0 Å². The molecule has 10 heteroatoms. The van der Waals surface area contributed by atoms with Crippen molar-refractivity contribution < 1.29 is 27.5 Å². The second kappa shape index (κ2) is 11.5. The predicted molar refractivity (Wildman–Crippen MR) is 119 cm³/mol. The van der Waals surface area contributed by atoms with Gasteiger partial charge in [-0.05, 0) is 37.1 Å². The highest BCUT2D eigenvalue weighted by Gasteiger charge is 2.18. The Balaban J connectivity index is 1.39. The van der Waals surface area contributed by atoms with Crippen LogP contribution in [-0.2, 0) is 26.8 Å². The van der Waals surface area contributed by atoms with Gasteiger partial charge >= 0.3 is 0 Å². The van der Waals surface area contributed by atoms with E-state index in [-0.39, 0.29) is 36.6 Å². The minimum atomic E-state index is -3.61. The Morgan fingerprint density at radius 2 is 2.22 bits per heavy atom. The van der Waals surface area contributed by atoms with Gasteiger partial charge in [-0.3, -0.25) is 4.79 Å². The number of aromatic nitrogens is 1. The summed E-state index contributed by atoms with van der Waals surface area (Å²) in [6.45, 7) is 1.11. The van der Waals surface area contributed by atoms with Crippen molar-refractivity contribution in [1.82, 2.24) is 15.6 Å². The lowest BCUT2D eigenvalue weighted by atomic mass is 10.0. The molecule has 3 rings (SSSR count). The van der Waals surface area contributed by atoms with Crippen molar-refractivity contribution in [3.63, 3.8) is 0 Å². The lowest BCUT2D eigenvalue weighted by Crippen LogP contribution is -2.33. The van der Waals surface area contributed by atoms with Crippen molar-refractivity contribution in [2.75, 3.05) is 25.4 Å². The third kappa shape index (κ3) is 7.54. The maximum absolute atomic E-state index is 12.0. The van der Waals surface area contributed by atoms with Crippen LogP contribution in [0.2, 0.25) is 0 Å². The molecule has 1 unspecified atom stereocenters. The fourth-order valence-electron chi connectivity index (χ4n) is 3.19. The minimum absolute atomic E-state index is 0.0207. The summed E-state index contributed by atoms with van der Waals surface area (Å²) in [7, 11) is -3.61. The van der Waals surface area contributed by atoms with Gasteiger partial charge in [-0.1, -0.05) is 18.2 Å². The Kier molecular flexibility index (Phi) is 8.46. The van der Waals surface area contributed by atoms with E-state index in [1.807, 2.05) is 0 Å². The molecule has 0 bridgehead atoms. The lowest BCUT2D eigenvalue weighted by Gasteiger charge is -2.20. The summed E-state index contributed by atoms with van der Waals surface area (Å²) in [4.78, 5) is 15.9. The molecular weight excluding hydrogens is 434 g/mol. The SMILES string of the molecule is O=C(CS(=O)(=O)Cc1ccco1)NCC=CCOc1nccc(CC2CC=CCN2)c1O. The highest BCUT2D eigenvalue weighted by atomic mass is 32.2. The Bertz CT molecular complexity index is 1050. The highest BCUT2D eigenvalue weighted by molar-refractivity contribution is 7.91. The first-order chi connectivity index (χ1) is 15.4. The molecule has 32 heavy (non-hydrogen) atoms. The number of aromatic hydroxyl groups is 1. The third-order valence-corrected chi connectivity index (χ3v) is 6.17. The van der Waals surface area contributed by atoms with Crippen LogP contribution in [0.4, 0.5) is 0 Å². The molecule has 9 nitrogen and oxygen atoms in total. The molecule has 2 aromatic rings. The lowest BCUT2D eigenvalue weighted by molar-refractivity contribution is -0.118. The molecule has 3 heterocycles. The van der Waals surface area contributed by atoms with Crippen LogP contribution in [0.1, 0.15) is 17.7 Å². The predicted octanol–water partition coefficient (Wildman–Crippen LogP) is 1.51. The number of pyridine rings is 1. The van der Waals surface area contributed by atoms with Gasteiger partial charge in [0, 0.05) is 30.9 Å². The van der Waals surface area contributed by atoms with Crippen molar-refractivity contribution >= 4 is 15.7 Å². The summed E-state index contributed by atoms with van der Waals surface area (Å²) >= 11 is 0. The van der Waals surface area contributed by atoms with E-state index in [9.17, 15) is 18.3 Å². The van der Waals surface area contributed by atoms with Crippen molar-refractivity contribution in [3.05, 3.63) is 66.3 Å². The quantitative estimate of drug-likeness (QED) is 0.429. The first-order valence-corrected chi connectivity index (χ1v) is 12.1. The molecule has 3 N–H and O–H groups in total. The van der Waals surface area contributed by atoms with Gasteiger partial charge in [0.2, 0.25) is 5.91 Å². The smallest absolute Gasteiger partial charge is 0.257 e. The Morgan fingerprint density at radius 3 is 2.97 bits per heavy atom. The maximum atomic E-state index is 12.0. The average Bonchev–Trinajstić information content (AvgIpc) is 3.25. The molecule has 1 amide bonds. The fraction of sp³-hybridized carbons (Fsp3) is 0.364. The van der Waals surface area contributed by atoms with Crippen LogP contribution in [-0.4, -0.2) is 55.9 Å². The number of carbonyl (C=O) groups excluding carboxylic acids is 1. The number of amides is 1. The molecule has 0 spiro atoms. The van der Waals surface area contributed by atoms with E-state index in [0.29, 0.717) is 12.2 Å². The zero-order valence-corrected chi connectivity index (χ0v) is 18.4. The van der Waals surface area contributed by atoms with Gasteiger partial charge in [-0.15, -0.1) is 0 Å². The first-order valence-electron chi connectivity index (χ1n) is 10.3. The van der Waals surface area contributed by atoms with Crippen molar-refractivity contribution in [2.45, 2.75) is 24.6 Å². The molecule has 1 aliphatic heterocycles. The number of rotatable bonds is 11. The van der Waals surface area contributed by atoms with Crippen LogP contribution in [0.15, 0.2) is 59.4 Å². The van der Waals surface area contributed by atoms with Crippen LogP contribution in [0, 0.1) is 0 Å². The fourth-order valence-corrected chi connectivity index (χ4v) is 4.39. The molecule has 0 saturated heterocycles. The Labute approximate surface area is 187 Å². The van der Waals surface area contributed by atoms with Gasteiger partial charge in [0.15, 0.2) is 15.6 Å². The molecule has 1 atom stereocenters. The zero-order chi connectivity index (χ0) is 22.8. The number of nitrogens with zero attached hydrogens (tertiary/aromatic N) is 1. The van der Waals surface area contributed by atoms with Crippen LogP contribution in [0.3, 0.4) is 0 Å². The molecule has 0 aliphatic carbocycles. The summed E-state index contributed by atoms with van der Waals surface area (Å²) in [6, 6.07) is 5.17. The summed E-state index contributed by atoms with van der Waals surface area (Å²) < 4.78 is 34.5. The molecule has 0 aromatic carbocycles. The molecule has 172 valence electrons. The van der Waals surface area contributed by atoms with Gasteiger partial charge in [0.1, 0.15) is 23.9 Å². The summed E-state index contributed by atoms with van der Waals surface area (Å²) in [5.41, 5.74) is 0.759. The Morgan fingerprint density at radius 1 is 1.34 bits per heavy atom. The number of sulfone groups is 1. The maximum Gasteiger partial charge on any atom is 0.257 e. The minimum Gasteiger partial charge on any atom is -0.503 e. The molecule has 2 aromatic heterocycles. The third-order valence-electron chi connectivity index (χ3n) is 4.75. The van der Waals surface area contributed by atoms with Crippen LogP contribution in [0.5, 0.6) is 11.6 Å². The van der Waals surface area contributed by atoms with Crippen LogP contribution < -0.4 is 15.4 Å². The van der Waals surface area contributed by atoms with E-state index in [4.69, 9.17) is 9.15 Å². The second-order valence-corrected chi connectivity index (χ2v) is 9.40. The number of hydrogen-bond acceptors (Lipinski definition) is 8. The number of hydrogen-bond donors (Lipinski definition) is 3. The van der Waals surface area contributed by atoms with Crippen LogP contribution >= 0.6 is 0 Å². The van der Waals surface area contributed by atoms with Crippen LogP contribution in [0.25, 0.3) is 0 Å². The van der Waals surface area contributed by atoms with E-state index in [0.717, 1.165) is 18.5 Å². The van der Waals surface area contributed by atoms with Gasteiger partial charge in [0.25, 0.3) is 5.88 Å². The molecular formula is C22H27N3O6S. The molecule has 1 aliphatic rings. The summed E-state index contributed by atoms with van der Waals surface area (Å²) in [5, 5.41) is 16.3. The number of ether oxygens (including phenoxy) is 1. The van der Waals surface area contributed by atoms with Crippen molar-refractivity contribution in [1.29, 1.82) is 0 Å². The largest absolute Gasteiger partial charge is 0.503 e. The summed E-state index contributed by atoms with van der Waals surface area (Å²) in [5.74, 6) is -1.07. The normalized spacial score (nSPS) is 16.3. The number of carbonyl (C=O) groups is 1. The first kappa shape index (κ1) is 23.6. The van der Waals surface area contributed by atoms with E-state index in [1.54, 1.807) is 36.5 Å².